The van der Waals surface area contributed by atoms with Crippen LogP contribution in [-0.2, 0) is 9.84 Å². The third kappa shape index (κ3) is 4.51. The highest BCUT2D eigenvalue weighted by Crippen LogP contribution is 2.10. The quantitative estimate of drug-likeness (QED) is 0.911. The molecule has 4 nitrogen and oxygen atoms in total. The second-order valence-corrected chi connectivity index (χ2v) is 7.44. The van der Waals surface area contributed by atoms with Crippen molar-refractivity contribution in [2.45, 2.75) is 19.4 Å². The molecule has 0 spiro atoms. The summed E-state index contributed by atoms with van der Waals surface area (Å²) in [6, 6.07) is 10.4. The number of para-hydroxylation sites is 1. The topological polar surface area (TPSA) is 49.4 Å². The zero-order chi connectivity index (χ0) is 13.7. The van der Waals surface area contributed by atoms with Crippen LogP contribution < -0.4 is 5.32 Å². The van der Waals surface area contributed by atoms with Crippen LogP contribution in [0.3, 0.4) is 0 Å². The maximum Gasteiger partial charge on any atom is 0.151 e. The van der Waals surface area contributed by atoms with Crippen LogP contribution >= 0.6 is 0 Å². The van der Waals surface area contributed by atoms with E-state index in [0.29, 0.717) is 24.1 Å². The Morgan fingerprint density at radius 2 is 1.95 bits per heavy atom. The minimum Gasteiger partial charge on any atom is -0.383 e. The smallest absolute Gasteiger partial charge is 0.151 e. The molecule has 1 unspecified atom stereocenters. The highest BCUT2D eigenvalue weighted by atomic mass is 32.2. The third-order valence-electron chi connectivity index (χ3n) is 3.59. The van der Waals surface area contributed by atoms with Crippen molar-refractivity contribution < 1.29 is 8.42 Å². The van der Waals surface area contributed by atoms with Gasteiger partial charge in [0, 0.05) is 24.8 Å². The Hall–Kier alpha value is -1.07. The third-order valence-corrected chi connectivity index (χ3v) is 5.30. The minimum atomic E-state index is -2.81. The molecule has 1 aliphatic heterocycles. The zero-order valence-electron chi connectivity index (χ0n) is 11.4. The van der Waals surface area contributed by atoms with Crippen molar-refractivity contribution in [1.82, 2.24) is 4.90 Å². The molecule has 1 N–H and O–H groups in total. The molecule has 0 aromatic heterocycles. The molecule has 1 atom stereocenters. The Balaban J connectivity index is 1.84. The van der Waals surface area contributed by atoms with E-state index < -0.39 is 9.84 Å². The van der Waals surface area contributed by atoms with Crippen LogP contribution in [0.4, 0.5) is 5.69 Å². The molecule has 106 valence electrons. The molecule has 0 saturated carbocycles. The molecule has 5 heteroatoms. The fraction of sp³-hybridized carbons (Fsp3) is 0.571. The molecule has 1 aromatic rings. The number of benzene rings is 1. The van der Waals surface area contributed by atoms with Gasteiger partial charge in [0.2, 0.25) is 0 Å². The zero-order valence-corrected chi connectivity index (χ0v) is 12.2. The van der Waals surface area contributed by atoms with Crippen LogP contribution in [0.1, 0.15) is 13.3 Å². The first kappa shape index (κ1) is 14.3. The van der Waals surface area contributed by atoms with E-state index in [1.165, 1.54) is 0 Å². The predicted molar refractivity (Wildman–Crippen MR) is 79.2 cm³/mol. The molecule has 2 rings (SSSR count). The molecule has 19 heavy (non-hydrogen) atoms. The predicted octanol–water partition coefficient (Wildman–Crippen LogP) is 1.61. The molecular weight excluding hydrogens is 260 g/mol. The Morgan fingerprint density at radius 1 is 1.21 bits per heavy atom. The van der Waals surface area contributed by atoms with Gasteiger partial charge in [-0.05, 0) is 32.0 Å². The van der Waals surface area contributed by atoms with Crippen molar-refractivity contribution >= 4 is 15.5 Å². The standard InChI is InChI=1S/C14H22N2O2S/c1-13(12-15-14-6-3-2-4-7-14)16-8-5-10-19(17,18)11-9-16/h2-4,6-7,13,15H,5,8-12H2,1H3. The van der Waals surface area contributed by atoms with Crippen molar-refractivity contribution in [1.29, 1.82) is 0 Å². The molecular formula is C14H22N2O2S. The van der Waals surface area contributed by atoms with E-state index in [2.05, 4.69) is 17.1 Å². The number of hydrogen-bond donors (Lipinski definition) is 1. The lowest BCUT2D eigenvalue weighted by Gasteiger charge is -2.27. The summed E-state index contributed by atoms with van der Waals surface area (Å²) >= 11 is 0. The summed E-state index contributed by atoms with van der Waals surface area (Å²) in [6.45, 7) is 4.51. The molecule has 1 aliphatic rings. The second kappa shape index (κ2) is 6.39. The molecule has 0 amide bonds. The lowest BCUT2D eigenvalue weighted by Crippen LogP contribution is -2.39. The SMILES string of the molecule is CC(CNc1ccccc1)N1CCCS(=O)(=O)CC1. The fourth-order valence-electron chi connectivity index (χ4n) is 2.35. The molecule has 1 fully saturated rings. The summed E-state index contributed by atoms with van der Waals surface area (Å²) in [5.41, 5.74) is 1.11. The van der Waals surface area contributed by atoms with Gasteiger partial charge in [0.05, 0.1) is 11.5 Å². The Bertz CT molecular complexity index is 487. The fourth-order valence-corrected chi connectivity index (χ4v) is 3.63. The van der Waals surface area contributed by atoms with Crippen LogP contribution in [-0.4, -0.2) is 50.5 Å². The molecule has 0 radical (unpaired) electrons. The van der Waals surface area contributed by atoms with Crippen molar-refractivity contribution in [2.24, 2.45) is 0 Å². The van der Waals surface area contributed by atoms with Gasteiger partial charge in [-0.25, -0.2) is 8.42 Å². The van der Waals surface area contributed by atoms with Gasteiger partial charge in [-0.2, -0.15) is 0 Å². The van der Waals surface area contributed by atoms with Gasteiger partial charge >= 0.3 is 0 Å². The van der Waals surface area contributed by atoms with Gasteiger partial charge in [-0.3, -0.25) is 4.90 Å². The van der Waals surface area contributed by atoms with Crippen LogP contribution in [0.2, 0.25) is 0 Å². The normalized spacial score (nSPS) is 21.5. The van der Waals surface area contributed by atoms with Crippen LogP contribution in [0.25, 0.3) is 0 Å². The molecule has 0 bridgehead atoms. The van der Waals surface area contributed by atoms with Crippen molar-refractivity contribution in [3.8, 4) is 0 Å². The van der Waals surface area contributed by atoms with Gasteiger partial charge in [0.1, 0.15) is 0 Å². The van der Waals surface area contributed by atoms with Gasteiger partial charge in [0.25, 0.3) is 0 Å². The van der Waals surface area contributed by atoms with Crippen molar-refractivity contribution in [3.63, 3.8) is 0 Å². The Morgan fingerprint density at radius 3 is 2.68 bits per heavy atom. The van der Waals surface area contributed by atoms with E-state index in [4.69, 9.17) is 0 Å². The van der Waals surface area contributed by atoms with E-state index in [1.54, 1.807) is 0 Å². The van der Waals surface area contributed by atoms with Gasteiger partial charge in [0.15, 0.2) is 9.84 Å². The number of nitrogens with one attached hydrogen (secondary N) is 1. The maximum absolute atomic E-state index is 11.6. The van der Waals surface area contributed by atoms with Crippen LogP contribution in [0.15, 0.2) is 30.3 Å². The Labute approximate surface area is 115 Å². The van der Waals surface area contributed by atoms with Crippen molar-refractivity contribution in [2.75, 3.05) is 36.5 Å². The largest absolute Gasteiger partial charge is 0.383 e. The van der Waals surface area contributed by atoms with Crippen molar-refractivity contribution in [3.05, 3.63) is 30.3 Å². The first-order valence-corrected chi connectivity index (χ1v) is 8.62. The average Bonchev–Trinajstić information content (AvgIpc) is 2.58. The summed E-state index contributed by atoms with van der Waals surface area (Å²) in [4.78, 5) is 2.26. The summed E-state index contributed by atoms with van der Waals surface area (Å²) in [5.74, 6) is 0.630. The first-order valence-electron chi connectivity index (χ1n) is 6.80. The van der Waals surface area contributed by atoms with E-state index >= 15 is 0 Å². The summed E-state index contributed by atoms with van der Waals surface area (Å²) in [5, 5.41) is 3.39. The first-order chi connectivity index (χ1) is 9.07. The molecule has 0 aliphatic carbocycles. The van der Waals surface area contributed by atoms with Gasteiger partial charge in [-0.15, -0.1) is 0 Å². The molecule has 1 heterocycles. The van der Waals surface area contributed by atoms with Crippen LogP contribution in [0.5, 0.6) is 0 Å². The molecule has 1 saturated heterocycles. The van der Waals surface area contributed by atoms with E-state index in [9.17, 15) is 8.42 Å². The number of hydrogen-bond acceptors (Lipinski definition) is 4. The lowest BCUT2D eigenvalue weighted by atomic mass is 10.2. The Kier molecular flexibility index (Phi) is 4.82. The maximum atomic E-state index is 11.6. The molecule has 1 aromatic carbocycles. The number of sulfone groups is 1. The average molecular weight is 282 g/mol. The summed E-state index contributed by atoms with van der Waals surface area (Å²) < 4.78 is 23.2. The summed E-state index contributed by atoms with van der Waals surface area (Å²) in [6.07, 6.45) is 0.748. The minimum absolute atomic E-state index is 0.294. The number of anilines is 1. The van der Waals surface area contributed by atoms with E-state index in [-0.39, 0.29) is 0 Å². The summed E-state index contributed by atoms with van der Waals surface area (Å²) in [7, 11) is -2.81. The number of nitrogens with zero attached hydrogens (tertiary/aromatic N) is 1. The monoisotopic (exact) mass is 282 g/mol. The number of rotatable bonds is 4. The van der Waals surface area contributed by atoms with Gasteiger partial charge < -0.3 is 5.32 Å². The van der Waals surface area contributed by atoms with Gasteiger partial charge in [-0.1, -0.05) is 18.2 Å². The highest BCUT2D eigenvalue weighted by molar-refractivity contribution is 7.91. The lowest BCUT2D eigenvalue weighted by molar-refractivity contribution is 0.234. The van der Waals surface area contributed by atoms with E-state index in [1.807, 2.05) is 30.3 Å². The van der Waals surface area contributed by atoms with E-state index in [0.717, 1.165) is 25.2 Å². The second-order valence-electron chi connectivity index (χ2n) is 5.14. The highest BCUT2D eigenvalue weighted by Gasteiger charge is 2.22. The van der Waals surface area contributed by atoms with Crippen LogP contribution in [0, 0.1) is 0 Å².